The second-order valence-electron chi connectivity index (χ2n) is 2.94. The fourth-order valence-corrected chi connectivity index (χ4v) is 1.63. The minimum absolute atomic E-state index is 0.442. The van der Waals surface area contributed by atoms with E-state index in [4.69, 9.17) is 17.3 Å². The SMILES string of the molecule is Cn1nc(CN)c2cc(Cl)ccc21. The topological polar surface area (TPSA) is 43.8 Å². The van der Waals surface area contributed by atoms with E-state index in [-0.39, 0.29) is 0 Å². The second-order valence-corrected chi connectivity index (χ2v) is 3.37. The van der Waals surface area contributed by atoms with Gasteiger partial charge >= 0.3 is 0 Å². The molecule has 0 aliphatic heterocycles. The van der Waals surface area contributed by atoms with Gasteiger partial charge in [0, 0.05) is 24.0 Å². The zero-order valence-corrected chi connectivity index (χ0v) is 8.04. The number of nitrogens with two attached hydrogens (primary N) is 1. The molecule has 0 bridgehead atoms. The zero-order chi connectivity index (χ0) is 9.42. The van der Waals surface area contributed by atoms with Crippen LogP contribution in [0.1, 0.15) is 5.69 Å². The van der Waals surface area contributed by atoms with Crippen LogP contribution in [0.25, 0.3) is 10.9 Å². The molecule has 68 valence electrons. The first-order chi connectivity index (χ1) is 6.22. The van der Waals surface area contributed by atoms with E-state index in [0.29, 0.717) is 6.54 Å². The average Bonchev–Trinajstić information content (AvgIpc) is 2.42. The Morgan fingerprint density at radius 1 is 1.54 bits per heavy atom. The lowest BCUT2D eigenvalue weighted by atomic mass is 10.2. The standard InChI is InChI=1S/C9H10ClN3/c1-13-9-3-2-6(10)4-7(9)8(5-11)12-13/h2-4H,5,11H2,1H3. The molecule has 0 saturated carbocycles. The van der Waals surface area contributed by atoms with Crippen molar-refractivity contribution in [2.24, 2.45) is 12.8 Å². The van der Waals surface area contributed by atoms with Crippen LogP contribution in [0.15, 0.2) is 18.2 Å². The third-order valence-electron chi connectivity index (χ3n) is 2.08. The number of nitrogens with zero attached hydrogens (tertiary/aromatic N) is 2. The van der Waals surface area contributed by atoms with Crippen molar-refractivity contribution < 1.29 is 0 Å². The van der Waals surface area contributed by atoms with Gasteiger partial charge in [0.1, 0.15) is 0 Å². The van der Waals surface area contributed by atoms with Gasteiger partial charge in [0.2, 0.25) is 0 Å². The van der Waals surface area contributed by atoms with Crippen molar-refractivity contribution >= 4 is 22.5 Å². The summed E-state index contributed by atoms with van der Waals surface area (Å²) < 4.78 is 1.81. The third kappa shape index (κ3) is 1.30. The molecule has 0 atom stereocenters. The summed E-state index contributed by atoms with van der Waals surface area (Å²) in [5.41, 5.74) is 7.51. The molecule has 13 heavy (non-hydrogen) atoms. The third-order valence-corrected chi connectivity index (χ3v) is 2.32. The summed E-state index contributed by atoms with van der Waals surface area (Å²) in [5.74, 6) is 0. The normalized spacial score (nSPS) is 11.0. The van der Waals surface area contributed by atoms with E-state index in [2.05, 4.69) is 5.10 Å². The molecule has 2 aromatic rings. The molecule has 2 N–H and O–H groups in total. The first kappa shape index (κ1) is 8.53. The van der Waals surface area contributed by atoms with E-state index in [0.717, 1.165) is 21.6 Å². The predicted molar refractivity (Wildman–Crippen MR) is 53.6 cm³/mol. The van der Waals surface area contributed by atoms with Gasteiger partial charge in [-0.15, -0.1) is 0 Å². The van der Waals surface area contributed by atoms with Gasteiger partial charge in [-0.1, -0.05) is 11.6 Å². The first-order valence-electron chi connectivity index (χ1n) is 4.03. The second kappa shape index (κ2) is 3.01. The van der Waals surface area contributed by atoms with Gasteiger partial charge in [0.25, 0.3) is 0 Å². The first-order valence-corrected chi connectivity index (χ1v) is 4.41. The Labute approximate surface area is 81.1 Å². The monoisotopic (exact) mass is 195 g/mol. The van der Waals surface area contributed by atoms with Gasteiger partial charge in [-0.3, -0.25) is 4.68 Å². The fraction of sp³-hybridized carbons (Fsp3) is 0.222. The summed E-state index contributed by atoms with van der Waals surface area (Å²) >= 11 is 5.88. The van der Waals surface area contributed by atoms with Crippen LogP contribution in [-0.2, 0) is 13.6 Å². The molecule has 3 nitrogen and oxygen atoms in total. The molecular formula is C9H10ClN3. The van der Waals surface area contributed by atoms with E-state index in [1.54, 1.807) is 0 Å². The Kier molecular flexibility index (Phi) is 1.98. The molecule has 0 radical (unpaired) electrons. The molecule has 1 aromatic heterocycles. The number of benzene rings is 1. The Morgan fingerprint density at radius 3 is 3.00 bits per heavy atom. The molecule has 0 fully saturated rings. The number of aromatic nitrogens is 2. The maximum Gasteiger partial charge on any atom is 0.0839 e. The summed E-state index contributed by atoms with van der Waals surface area (Å²) in [7, 11) is 1.90. The lowest BCUT2D eigenvalue weighted by Gasteiger charge is -1.93. The lowest BCUT2D eigenvalue weighted by Crippen LogP contribution is -1.98. The van der Waals surface area contributed by atoms with Crippen molar-refractivity contribution in [2.75, 3.05) is 0 Å². The van der Waals surface area contributed by atoms with Gasteiger partial charge < -0.3 is 5.73 Å². The van der Waals surface area contributed by atoms with Gasteiger partial charge in [-0.2, -0.15) is 5.10 Å². The summed E-state index contributed by atoms with van der Waals surface area (Å²) in [4.78, 5) is 0. The Hall–Kier alpha value is -1.06. The maximum atomic E-state index is 5.88. The molecule has 0 unspecified atom stereocenters. The van der Waals surface area contributed by atoms with Gasteiger partial charge in [-0.25, -0.2) is 0 Å². The molecule has 0 aliphatic rings. The van der Waals surface area contributed by atoms with Crippen molar-refractivity contribution in [3.8, 4) is 0 Å². The van der Waals surface area contributed by atoms with Crippen molar-refractivity contribution in [2.45, 2.75) is 6.54 Å². The molecule has 0 spiro atoms. The molecule has 2 rings (SSSR count). The summed E-state index contributed by atoms with van der Waals surface area (Å²) in [6.45, 7) is 0.442. The van der Waals surface area contributed by atoms with Crippen LogP contribution < -0.4 is 5.73 Å². The highest BCUT2D eigenvalue weighted by molar-refractivity contribution is 6.31. The minimum atomic E-state index is 0.442. The van der Waals surface area contributed by atoms with Crippen molar-refractivity contribution in [3.05, 3.63) is 28.9 Å². The Bertz CT molecular complexity index is 447. The molecule has 0 aliphatic carbocycles. The maximum absolute atomic E-state index is 5.88. The summed E-state index contributed by atoms with van der Waals surface area (Å²) in [6, 6.07) is 5.70. The quantitative estimate of drug-likeness (QED) is 0.753. The van der Waals surface area contributed by atoms with Crippen LogP contribution in [0.4, 0.5) is 0 Å². The van der Waals surface area contributed by atoms with Crippen molar-refractivity contribution in [3.63, 3.8) is 0 Å². The number of halogens is 1. The van der Waals surface area contributed by atoms with Gasteiger partial charge in [0.05, 0.1) is 11.2 Å². The van der Waals surface area contributed by atoms with E-state index < -0.39 is 0 Å². The number of fused-ring (bicyclic) bond motifs is 1. The van der Waals surface area contributed by atoms with Crippen LogP contribution in [0.3, 0.4) is 0 Å². The predicted octanol–water partition coefficient (Wildman–Crippen LogP) is 1.69. The van der Waals surface area contributed by atoms with E-state index in [1.807, 2.05) is 29.9 Å². The molecule has 1 aromatic carbocycles. The number of hydrogen-bond acceptors (Lipinski definition) is 2. The molecule has 0 saturated heterocycles. The van der Waals surface area contributed by atoms with Crippen LogP contribution in [0.2, 0.25) is 5.02 Å². The van der Waals surface area contributed by atoms with Crippen LogP contribution >= 0.6 is 11.6 Å². The van der Waals surface area contributed by atoms with Crippen LogP contribution in [0, 0.1) is 0 Å². The Balaban J connectivity index is 2.81. The van der Waals surface area contributed by atoms with Gasteiger partial charge in [0.15, 0.2) is 0 Å². The highest BCUT2D eigenvalue weighted by atomic mass is 35.5. The largest absolute Gasteiger partial charge is 0.325 e. The average molecular weight is 196 g/mol. The highest BCUT2D eigenvalue weighted by Gasteiger charge is 2.06. The van der Waals surface area contributed by atoms with Crippen LogP contribution in [-0.4, -0.2) is 9.78 Å². The van der Waals surface area contributed by atoms with Crippen LogP contribution in [0.5, 0.6) is 0 Å². The molecule has 4 heteroatoms. The molecule has 0 amide bonds. The lowest BCUT2D eigenvalue weighted by molar-refractivity contribution is 0.766. The smallest absolute Gasteiger partial charge is 0.0839 e. The Morgan fingerprint density at radius 2 is 2.31 bits per heavy atom. The number of hydrogen-bond donors (Lipinski definition) is 1. The summed E-state index contributed by atoms with van der Waals surface area (Å²) in [6.07, 6.45) is 0. The van der Waals surface area contributed by atoms with Crippen molar-refractivity contribution in [1.82, 2.24) is 9.78 Å². The molecule has 1 heterocycles. The van der Waals surface area contributed by atoms with E-state index in [1.165, 1.54) is 0 Å². The van der Waals surface area contributed by atoms with Gasteiger partial charge in [-0.05, 0) is 18.2 Å². The number of aryl methyl sites for hydroxylation is 1. The van der Waals surface area contributed by atoms with E-state index >= 15 is 0 Å². The summed E-state index contributed by atoms with van der Waals surface area (Å²) in [5, 5.41) is 6.04. The van der Waals surface area contributed by atoms with Crippen molar-refractivity contribution in [1.29, 1.82) is 0 Å². The molecular weight excluding hydrogens is 186 g/mol. The zero-order valence-electron chi connectivity index (χ0n) is 7.29. The fourth-order valence-electron chi connectivity index (χ4n) is 1.46. The number of rotatable bonds is 1. The van der Waals surface area contributed by atoms with E-state index in [9.17, 15) is 0 Å². The minimum Gasteiger partial charge on any atom is -0.325 e. The highest BCUT2D eigenvalue weighted by Crippen LogP contribution is 2.21.